The van der Waals surface area contributed by atoms with Crippen LogP contribution in [-0.2, 0) is 0 Å². The minimum Gasteiger partial charge on any atom is -0.297 e. The number of nitrogens with one attached hydrogen (secondary N) is 1. The van der Waals surface area contributed by atoms with Gasteiger partial charge in [-0.05, 0) is 6.42 Å². The number of rotatable bonds is 3. The Labute approximate surface area is 55.7 Å². The molecule has 0 saturated carbocycles. The van der Waals surface area contributed by atoms with E-state index < -0.39 is 0 Å². The van der Waals surface area contributed by atoms with Crippen LogP contribution in [0, 0.1) is 0 Å². The molecule has 0 spiro atoms. The summed E-state index contributed by atoms with van der Waals surface area (Å²) in [5.74, 6) is 0. The van der Waals surface area contributed by atoms with Crippen LogP contribution in [0.2, 0.25) is 0 Å². The maximum absolute atomic E-state index is 4.06. The molecule has 1 aliphatic rings. The van der Waals surface area contributed by atoms with Crippen LogP contribution in [0.3, 0.4) is 0 Å². The van der Waals surface area contributed by atoms with Crippen LogP contribution in [0.5, 0.6) is 0 Å². The molecule has 0 atom stereocenters. The molecular formula is C6H13N3. The van der Waals surface area contributed by atoms with Crippen molar-refractivity contribution in [3.8, 4) is 0 Å². The van der Waals surface area contributed by atoms with Crippen LogP contribution in [-0.4, -0.2) is 31.0 Å². The van der Waals surface area contributed by atoms with Crippen molar-refractivity contribution in [2.75, 3.05) is 19.6 Å². The normalized spacial score (nSPS) is 17.2. The first kappa shape index (κ1) is 6.55. The first-order valence-corrected chi connectivity index (χ1v) is 3.43. The van der Waals surface area contributed by atoms with E-state index in [1.165, 1.54) is 6.42 Å². The summed E-state index contributed by atoms with van der Waals surface area (Å²) in [6.07, 6.45) is 3.03. The molecule has 1 aliphatic heterocycles. The molecule has 0 radical (unpaired) electrons. The van der Waals surface area contributed by atoms with Gasteiger partial charge in [-0.15, -0.1) is 0 Å². The van der Waals surface area contributed by atoms with E-state index in [0.717, 1.165) is 19.6 Å². The van der Waals surface area contributed by atoms with Gasteiger partial charge in [-0.25, -0.2) is 5.43 Å². The highest BCUT2D eigenvalue weighted by molar-refractivity contribution is 5.56. The summed E-state index contributed by atoms with van der Waals surface area (Å²) >= 11 is 0. The number of hydrogen-bond donors (Lipinski definition) is 1. The van der Waals surface area contributed by atoms with Crippen molar-refractivity contribution in [1.82, 2.24) is 10.4 Å². The summed E-state index contributed by atoms with van der Waals surface area (Å²) in [5, 5.41) is 2.03. The number of aliphatic imine (C=N–C) groups is 1. The van der Waals surface area contributed by atoms with Crippen molar-refractivity contribution >= 4 is 6.34 Å². The van der Waals surface area contributed by atoms with Crippen LogP contribution in [0.15, 0.2) is 4.99 Å². The fourth-order valence-electron chi connectivity index (χ4n) is 0.755. The van der Waals surface area contributed by atoms with Crippen LogP contribution in [0.1, 0.15) is 13.3 Å². The second-order valence-electron chi connectivity index (χ2n) is 2.12. The van der Waals surface area contributed by atoms with Crippen molar-refractivity contribution in [3.63, 3.8) is 0 Å². The lowest BCUT2D eigenvalue weighted by molar-refractivity contribution is 0.343. The topological polar surface area (TPSA) is 27.6 Å². The molecule has 0 aromatic rings. The zero-order chi connectivity index (χ0) is 6.53. The van der Waals surface area contributed by atoms with Gasteiger partial charge in [0.2, 0.25) is 0 Å². The van der Waals surface area contributed by atoms with Gasteiger partial charge in [0.1, 0.15) is 0 Å². The molecule has 1 N–H and O–H groups in total. The van der Waals surface area contributed by atoms with E-state index in [2.05, 4.69) is 17.3 Å². The highest BCUT2D eigenvalue weighted by Gasteiger charge is 2.01. The number of nitrogens with zero attached hydrogens (tertiary/aromatic N) is 2. The molecule has 52 valence electrons. The first-order valence-electron chi connectivity index (χ1n) is 3.43. The van der Waals surface area contributed by atoms with E-state index in [1.807, 2.05) is 11.3 Å². The molecule has 0 aromatic heterocycles. The quantitative estimate of drug-likeness (QED) is 0.588. The van der Waals surface area contributed by atoms with Gasteiger partial charge in [0.25, 0.3) is 0 Å². The SMILES string of the molecule is CCCNN1C=NCC1. The van der Waals surface area contributed by atoms with E-state index in [0.29, 0.717) is 0 Å². The van der Waals surface area contributed by atoms with Gasteiger partial charge in [0, 0.05) is 6.54 Å². The lowest BCUT2D eigenvalue weighted by Crippen LogP contribution is -2.35. The number of hydrogen-bond acceptors (Lipinski definition) is 3. The average molecular weight is 127 g/mol. The summed E-state index contributed by atoms with van der Waals surface area (Å²) < 4.78 is 0. The lowest BCUT2D eigenvalue weighted by atomic mass is 10.5. The van der Waals surface area contributed by atoms with Gasteiger partial charge in [-0.3, -0.25) is 10.0 Å². The Kier molecular flexibility index (Phi) is 2.51. The Balaban J connectivity index is 2.05. The molecule has 1 heterocycles. The molecule has 3 heteroatoms. The molecule has 0 saturated heterocycles. The zero-order valence-corrected chi connectivity index (χ0v) is 5.80. The van der Waals surface area contributed by atoms with Gasteiger partial charge < -0.3 is 0 Å². The average Bonchev–Trinajstić information content (AvgIpc) is 2.34. The van der Waals surface area contributed by atoms with E-state index in [9.17, 15) is 0 Å². The summed E-state index contributed by atoms with van der Waals surface area (Å²) in [7, 11) is 0. The van der Waals surface area contributed by atoms with Gasteiger partial charge in [-0.1, -0.05) is 6.92 Å². The molecule has 1 rings (SSSR count). The minimum absolute atomic E-state index is 0.941. The molecular weight excluding hydrogens is 114 g/mol. The lowest BCUT2D eigenvalue weighted by Gasteiger charge is -2.13. The summed E-state index contributed by atoms with van der Waals surface area (Å²) in [6.45, 7) is 5.17. The highest BCUT2D eigenvalue weighted by atomic mass is 15.5. The van der Waals surface area contributed by atoms with Crippen molar-refractivity contribution < 1.29 is 0 Å². The van der Waals surface area contributed by atoms with E-state index in [-0.39, 0.29) is 0 Å². The fourth-order valence-corrected chi connectivity index (χ4v) is 0.755. The third kappa shape index (κ3) is 2.01. The third-order valence-corrected chi connectivity index (χ3v) is 1.26. The Morgan fingerprint density at radius 3 is 3.22 bits per heavy atom. The Bertz CT molecular complexity index is 100. The standard InChI is InChI=1S/C6H13N3/c1-2-3-8-9-5-4-7-6-9/h6,8H,2-5H2,1H3. The fraction of sp³-hybridized carbons (Fsp3) is 0.833. The molecule has 0 aliphatic carbocycles. The number of hydrazine groups is 1. The zero-order valence-electron chi connectivity index (χ0n) is 5.80. The Morgan fingerprint density at radius 2 is 2.67 bits per heavy atom. The van der Waals surface area contributed by atoms with Crippen molar-refractivity contribution in [1.29, 1.82) is 0 Å². The molecule has 0 amide bonds. The molecule has 0 fully saturated rings. The monoisotopic (exact) mass is 127 g/mol. The maximum atomic E-state index is 4.06. The van der Waals surface area contributed by atoms with E-state index in [4.69, 9.17) is 0 Å². The third-order valence-electron chi connectivity index (χ3n) is 1.26. The van der Waals surface area contributed by atoms with Crippen LogP contribution in [0.25, 0.3) is 0 Å². The second kappa shape index (κ2) is 3.45. The van der Waals surface area contributed by atoms with Gasteiger partial charge in [0.05, 0.1) is 19.4 Å². The van der Waals surface area contributed by atoms with Gasteiger partial charge >= 0.3 is 0 Å². The predicted octanol–water partition coefficient (Wildman–Crippen LogP) is 0.245. The predicted molar refractivity (Wildman–Crippen MR) is 38.4 cm³/mol. The van der Waals surface area contributed by atoms with Crippen LogP contribution >= 0.6 is 0 Å². The molecule has 0 bridgehead atoms. The summed E-state index contributed by atoms with van der Waals surface area (Å²) in [5.41, 5.74) is 3.22. The Hall–Kier alpha value is -0.570. The largest absolute Gasteiger partial charge is 0.297 e. The smallest absolute Gasteiger partial charge is 0.0993 e. The van der Waals surface area contributed by atoms with E-state index in [1.54, 1.807) is 0 Å². The minimum atomic E-state index is 0.941. The van der Waals surface area contributed by atoms with Crippen LogP contribution in [0.4, 0.5) is 0 Å². The molecule has 0 unspecified atom stereocenters. The Morgan fingerprint density at radius 1 is 1.78 bits per heavy atom. The molecule has 0 aromatic carbocycles. The molecule has 9 heavy (non-hydrogen) atoms. The van der Waals surface area contributed by atoms with Gasteiger partial charge in [-0.2, -0.15) is 0 Å². The maximum Gasteiger partial charge on any atom is 0.0993 e. The van der Waals surface area contributed by atoms with Crippen LogP contribution < -0.4 is 5.43 Å². The van der Waals surface area contributed by atoms with Crippen molar-refractivity contribution in [2.45, 2.75) is 13.3 Å². The van der Waals surface area contributed by atoms with E-state index >= 15 is 0 Å². The first-order chi connectivity index (χ1) is 4.43. The highest BCUT2D eigenvalue weighted by Crippen LogP contribution is 1.87. The second-order valence-corrected chi connectivity index (χ2v) is 2.12. The van der Waals surface area contributed by atoms with Crippen molar-refractivity contribution in [2.24, 2.45) is 4.99 Å². The molecule has 3 nitrogen and oxygen atoms in total. The summed E-state index contributed by atoms with van der Waals surface area (Å²) in [6, 6.07) is 0. The van der Waals surface area contributed by atoms with Gasteiger partial charge in [0.15, 0.2) is 0 Å². The summed E-state index contributed by atoms with van der Waals surface area (Å²) in [4.78, 5) is 4.06. The van der Waals surface area contributed by atoms with Crippen molar-refractivity contribution in [3.05, 3.63) is 0 Å².